The number of nitrogen functional groups attached to an aromatic ring is 1. The first kappa shape index (κ1) is 13.9. The molecule has 3 N–H and O–H groups in total. The molecule has 0 aliphatic heterocycles. The van der Waals surface area contributed by atoms with Crippen LogP contribution in [0.15, 0.2) is 24.3 Å². The second kappa shape index (κ2) is 7.17. The van der Waals surface area contributed by atoms with Crippen molar-refractivity contribution in [2.75, 3.05) is 12.3 Å². The van der Waals surface area contributed by atoms with Crippen molar-refractivity contribution in [2.45, 2.75) is 44.9 Å². The number of hydrogen-bond acceptors (Lipinski definition) is 2. The van der Waals surface area contributed by atoms with Gasteiger partial charge in [0, 0.05) is 12.2 Å². The predicted molar refractivity (Wildman–Crippen MR) is 78.8 cm³/mol. The van der Waals surface area contributed by atoms with Gasteiger partial charge in [-0.1, -0.05) is 50.3 Å². The SMILES string of the molecule is Nc1ccccc1CC(=O)NCCC1CCCCC1. The van der Waals surface area contributed by atoms with Gasteiger partial charge in [-0.3, -0.25) is 4.79 Å². The highest BCUT2D eigenvalue weighted by Crippen LogP contribution is 2.25. The van der Waals surface area contributed by atoms with Crippen molar-refractivity contribution in [2.24, 2.45) is 5.92 Å². The van der Waals surface area contributed by atoms with E-state index in [1.807, 2.05) is 24.3 Å². The molecule has 1 aromatic carbocycles. The normalized spacial score (nSPS) is 16.2. The average Bonchev–Trinajstić information content (AvgIpc) is 2.43. The van der Waals surface area contributed by atoms with Gasteiger partial charge in [0.15, 0.2) is 0 Å². The number of rotatable bonds is 5. The van der Waals surface area contributed by atoms with E-state index in [4.69, 9.17) is 5.73 Å². The van der Waals surface area contributed by atoms with Crippen molar-refractivity contribution in [3.05, 3.63) is 29.8 Å². The molecule has 0 atom stereocenters. The van der Waals surface area contributed by atoms with Crippen LogP contribution in [-0.2, 0) is 11.2 Å². The Morgan fingerprint density at radius 3 is 2.68 bits per heavy atom. The summed E-state index contributed by atoms with van der Waals surface area (Å²) in [4.78, 5) is 11.8. The zero-order chi connectivity index (χ0) is 13.5. The largest absolute Gasteiger partial charge is 0.398 e. The zero-order valence-corrected chi connectivity index (χ0v) is 11.5. The third kappa shape index (κ3) is 4.58. The number of carbonyl (C=O) groups excluding carboxylic acids is 1. The molecule has 1 saturated carbocycles. The molecule has 3 heteroatoms. The molecule has 0 saturated heterocycles. The Bertz CT molecular complexity index is 411. The molecule has 0 bridgehead atoms. The van der Waals surface area contributed by atoms with Crippen LogP contribution in [0, 0.1) is 5.92 Å². The number of hydrogen-bond donors (Lipinski definition) is 2. The van der Waals surface area contributed by atoms with E-state index in [-0.39, 0.29) is 5.91 Å². The molecule has 104 valence electrons. The molecular weight excluding hydrogens is 236 g/mol. The average molecular weight is 260 g/mol. The highest BCUT2D eigenvalue weighted by molar-refractivity contribution is 5.80. The number of nitrogens with two attached hydrogens (primary N) is 1. The Hall–Kier alpha value is -1.51. The maximum Gasteiger partial charge on any atom is 0.224 e. The van der Waals surface area contributed by atoms with Gasteiger partial charge in [0.05, 0.1) is 6.42 Å². The molecule has 0 spiro atoms. The molecule has 1 fully saturated rings. The van der Waals surface area contributed by atoms with Crippen LogP contribution in [-0.4, -0.2) is 12.5 Å². The summed E-state index contributed by atoms with van der Waals surface area (Å²) < 4.78 is 0. The van der Waals surface area contributed by atoms with E-state index in [1.54, 1.807) is 0 Å². The Morgan fingerprint density at radius 1 is 1.21 bits per heavy atom. The van der Waals surface area contributed by atoms with E-state index in [9.17, 15) is 4.79 Å². The van der Waals surface area contributed by atoms with E-state index < -0.39 is 0 Å². The first-order valence-electron chi connectivity index (χ1n) is 7.36. The number of carbonyl (C=O) groups is 1. The van der Waals surface area contributed by atoms with Gasteiger partial charge in [0.1, 0.15) is 0 Å². The minimum Gasteiger partial charge on any atom is -0.398 e. The zero-order valence-electron chi connectivity index (χ0n) is 11.5. The van der Waals surface area contributed by atoms with Crippen LogP contribution in [0.1, 0.15) is 44.1 Å². The lowest BCUT2D eigenvalue weighted by Crippen LogP contribution is -2.28. The second-order valence-electron chi connectivity index (χ2n) is 5.52. The molecular formula is C16H24N2O. The van der Waals surface area contributed by atoms with Crippen LogP contribution in [0.25, 0.3) is 0 Å². The number of nitrogens with one attached hydrogen (secondary N) is 1. The Morgan fingerprint density at radius 2 is 1.95 bits per heavy atom. The summed E-state index contributed by atoms with van der Waals surface area (Å²) in [6.45, 7) is 0.802. The molecule has 1 amide bonds. The van der Waals surface area contributed by atoms with Gasteiger partial charge < -0.3 is 11.1 Å². The van der Waals surface area contributed by atoms with Crippen molar-refractivity contribution < 1.29 is 4.79 Å². The Labute approximate surface area is 115 Å². The smallest absolute Gasteiger partial charge is 0.224 e. The van der Waals surface area contributed by atoms with Gasteiger partial charge in [-0.15, -0.1) is 0 Å². The summed E-state index contributed by atoms with van der Waals surface area (Å²) in [5.74, 6) is 0.893. The topological polar surface area (TPSA) is 55.1 Å². The van der Waals surface area contributed by atoms with Crippen LogP contribution >= 0.6 is 0 Å². The van der Waals surface area contributed by atoms with E-state index in [2.05, 4.69) is 5.32 Å². The quantitative estimate of drug-likeness (QED) is 0.800. The summed E-state index contributed by atoms with van der Waals surface area (Å²) in [5, 5.41) is 3.01. The number of para-hydroxylation sites is 1. The molecule has 0 radical (unpaired) electrons. The summed E-state index contributed by atoms with van der Waals surface area (Å²) in [5.41, 5.74) is 7.45. The highest BCUT2D eigenvalue weighted by atomic mass is 16.1. The van der Waals surface area contributed by atoms with E-state index >= 15 is 0 Å². The fourth-order valence-corrected chi connectivity index (χ4v) is 2.82. The molecule has 1 aliphatic rings. The summed E-state index contributed by atoms with van der Waals surface area (Å²) >= 11 is 0. The Balaban J connectivity index is 1.68. The van der Waals surface area contributed by atoms with Crippen LogP contribution in [0.5, 0.6) is 0 Å². The van der Waals surface area contributed by atoms with Crippen LogP contribution in [0.2, 0.25) is 0 Å². The summed E-state index contributed by atoms with van der Waals surface area (Å²) in [6.07, 6.45) is 8.28. The molecule has 0 aromatic heterocycles. The third-order valence-electron chi connectivity index (χ3n) is 4.01. The molecule has 3 nitrogen and oxygen atoms in total. The summed E-state index contributed by atoms with van der Waals surface area (Å²) in [6, 6.07) is 7.56. The maximum atomic E-state index is 11.8. The lowest BCUT2D eigenvalue weighted by Gasteiger charge is -2.21. The highest BCUT2D eigenvalue weighted by Gasteiger charge is 2.13. The minimum absolute atomic E-state index is 0.0775. The molecule has 2 rings (SSSR count). The van der Waals surface area contributed by atoms with Gasteiger partial charge >= 0.3 is 0 Å². The van der Waals surface area contributed by atoms with Gasteiger partial charge in [0.25, 0.3) is 0 Å². The van der Waals surface area contributed by atoms with Crippen LogP contribution in [0.4, 0.5) is 5.69 Å². The number of amides is 1. The van der Waals surface area contributed by atoms with E-state index in [0.717, 1.165) is 24.4 Å². The molecule has 1 aliphatic carbocycles. The molecule has 19 heavy (non-hydrogen) atoms. The molecule has 1 aromatic rings. The van der Waals surface area contributed by atoms with Crippen LogP contribution < -0.4 is 11.1 Å². The minimum atomic E-state index is 0.0775. The monoisotopic (exact) mass is 260 g/mol. The van der Waals surface area contributed by atoms with Crippen molar-refractivity contribution in [3.8, 4) is 0 Å². The van der Waals surface area contributed by atoms with Crippen molar-refractivity contribution in [1.29, 1.82) is 0 Å². The molecule has 0 heterocycles. The van der Waals surface area contributed by atoms with Crippen molar-refractivity contribution in [1.82, 2.24) is 5.32 Å². The standard InChI is InChI=1S/C16H24N2O/c17-15-9-5-4-8-14(15)12-16(19)18-11-10-13-6-2-1-3-7-13/h4-5,8-9,13H,1-3,6-7,10-12,17H2,(H,18,19). The lowest BCUT2D eigenvalue weighted by molar-refractivity contribution is -0.120. The lowest BCUT2D eigenvalue weighted by atomic mass is 9.87. The van der Waals surface area contributed by atoms with Gasteiger partial charge in [-0.05, 0) is 24.0 Å². The van der Waals surface area contributed by atoms with Gasteiger partial charge in [0.2, 0.25) is 5.91 Å². The first-order chi connectivity index (χ1) is 9.25. The van der Waals surface area contributed by atoms with Crippen molar-refractivity contribution in [3.63, 3.8) is 0 Å². The predicted octanol–water partition coefficient (Wildman–Crippen LogP) is 2.90. The third-order valence-corrected chi connectivity index (χ3v) is 4.01. The van der Waals surface area contributed by atoms with Crippen LogP contribution in [0.3, 0.4) is 0 Å². The van der Waals surface area contributed by atoms with E-state index in [1.165, 1.54) is 32.1 Å². The Kier molecular flexibility index (Phi) is 5.25. The van der Waals surface area contributed by atoms with Crippen molar-refractivity contribution >= 4 is 11.6 Å². The fraction of sp³-hybridized carbons (Fsp3) is 0.562. The van der Waals surface area contributed by atoms with E-state index in [0.29, 0.717) is 12.1 Å². The van der Waals surface area contributed by atoms with Gasteiger partial charge in [-0.25, -0.2) is 0 Å². The molecule has 0 unspecified atom stereocenters. The first-order valence-corrected chi connectivity index (χ1v) is 7.36. The fourth-order valence-electron chi connectivity index (χ4n) is 2.82. The second-order valence-corrected chi connectivity index (χ2v) is 5.52. The van der Waals surface area contributed by atoms with Gasteiger partial charge in [-0.2, -0.15) is 0 Å². The number of benzene rings is 1. The maximum absolute atomic E-state index is 11.8. The number of anilines is 1. The summed E-state index contributed by atoms with van der Waals surface area (Å²) in [7, 11) is 0.